The molecule has 1 aliphatic heterocycles. The van der Waals surface area contributed by atoms with Gasteiger partial charge < -0.3 is 21.1 Å². The van der Waals surface area contributed by atoms with Crippen LogP contribution in [0.25, 0.3) is 16.7 Å². The van der Waals surface area contributed by atoms with Crippen molar-refractivity contribution in [1.82, 2.24) is 34.9 Å². The van der Waals surface area contributed by atoms with Gasteiger partial charge in [-0.25, -0.2) is 19.3 Å². The predicted octanol–water partition coefficient (Wildman–Crippen LogP) is 1.85. The van der Waals surface area contributed by atoms with Gasteiger partial charge in [0.1, 0.15) is 11.2 Å². The summed E-state index contributed by atoms with van der Waals surface area (Å²) in [5, 5.41) is 22.5. The molecule has 5 rings (SSSR count). The van der Waals surface area contributed by atoms with E-state index in [1.807, 2.05) is 19.9 Å². The van der Waals surface area contributed by atoms with E-state index in [-0.39, 0.29) is 11.6 Å². The number of aromatic nitrogens is 5. The minimum absolute atomic E-state index is 0.131. The van der Waals surface area contributed by atoms with E-state index in [2.05, 4.69) is 43.4 Å². The Kier molecular flexibility index (Phi) is 6.20. The van der Waals surface area contributed by atoms with Crippen LogP contribution in [-0.2, 0) is 13.0 Å². The van der Waals surface area contributed by atoms with Crippen molar-refractivity contribution in [2.24, 2.45) is 0 Å². The highest BCUT2D eigenvalue weighted by Gasteiger charge is 2.20. The summed E-state index contributed by atoms with van der Waals surface area (Å²) in [6.45, 7) is 5.71. The van der Waals surface area contributed by atoms with E-state index < -0.39 is 6.35 Å². The van der Waals surface area contributed by atoms with E-state index in [0.717, 1.165) is 25.2 Å². The Bertz CT molecular complexity index is 1430. The van der Waals surface area contributed by atoms with Gasteiger partial charge in [-0.2, -0.15) is 4.98 Å². The molecule has 1 aliphatic rings. The highest BCUT2D eigenvalue weighted by molar-refractivity contribution is 5.77. The monoisotopic (exact) mass is 475 g/mol. The lowest BCUT2D eigenvalue weighted by Gasteiger charge is -2.18. The average molecular weight is 476 g/mol. The Morgan fingerprint density at radius 2 is 2.00 bits per heavy atom. The number of aliphatic hydroxyl groups excluding tert-OH is 1. The maximum atomic E-state index is 13.3. The molecule has 11 nitrogen and oxygen atoms in total. The molecule has 0 bridgehead atoms. The first-order valence-electron chi connectivity index (χ1n) is 11.6. The summed E-state index contributed by atoms with van der Waals surface area (Å²) < 4.78 is 3.41. The third kappa shape index (κ3) is 4.48. The van der Waals surface area contributed by atoms with E-state index in [0.29, 0.717) is 28.5 Å². The second-order valence-electron chi connectivity index (χ2n) is 8.76. The Morgan fingerprint density at radius 1 is 1.14 bits per heavy atom. The molecule has 0 saturated carbocycles. The van der Waals surface area contributed by atoms with E-state index in [4.69, 9.17) is 4.98 Å². The third-order valence-electron chi connectivity index (χ3n) is 6.01. The van der Waals surface area contributed by atoms with Crippen molar-refractivity contribution in [1.29, 1.82) is 0 Å². The van der Waals surface area contributed by atoms with Gasteiger partial charge in [-0.05, 0) is 63.2 Å². The van der Waals surface area contributed by atoms with Crippen LogP contribution in [0.5, 0.6) is 0 Å². The molecule has 4 aromatic rings. The predicted molar refractivity (Wildman–Crippen MR) is 135 cm³/mol. The summed E-state index contributed by atoms with van der Waals surface area (Å²) in [4.78, 5) is 26.7. The molecule has 0 radical (unpaired) electrons. The Hall–Kier alpha value is -3.80. The number of fused-ring (bicyclic) bond motifs is 2. The number of aliphatic hydroxyl groups is 1. The summed E-state index contributed by atoms with van der Waals surface area (Å²) in [7, 11) is 1.63. The molecule has 0 amide bonds. The molecule has 5 N–H and O–H groups in total. The number of benzene rings is 1. The number of rotatable bonds is 7. The number of hydrogen-bond donors (Lipinski definition) is 5. The third-order valence-corrected chi connectivity index (χ3v) is 6.01. The number of nitrogens with one attached hydrogen (secondary N) is 4. The lowest BCUT2D eigenvalue weighted by atomic mass is 10.0. The van der Waals surface area contributed by atoms with Gasteiger partial charge in [0.2, 0.25) is 5.95 Å². The van der Waals surface area contributed by atoms with Crippen LogP contribution < -0.4 is 26.8 Å². The summed E-state index contributed by atoms with van der Waals surface area (Å²) in [6.07, 6.45) is 3.23. The zero-order chi connectivity index (χ0) is 24.5. The van der Waals surface area contributed by atoms with Crippen molar-refractivity contribution >= 4 is 28.5 Å². The first-order chi connectivity index (χ1) is 16.9. The van der Waals surface area contributed by atoms with Crippen LogP contribution >= 0.6 is 0 Å². The van der Waals surface area contributed by atoms with Gasteiger partial charge in [-0.3, -0.25) is 10.1 Å². The smallest absolute Gasteiger partial charge is 0.278 e. The van der Waals surface area contributed by atoms with Gasteiger partial charge in [0.15, 0.2) is 12.0 Å². The highest BCUT2D eigenvalue weighted by Crippen LogP contribution is 2.24. The SMILES string of the molecule is CNC(O)Nc1cc(-n2c3nc(Nc4ccc5c(c4)CNCC5)ncc3c(=O)n2C(C)C)ccn1. The lowest BCUT2D eigenvalue weighted by Crippen LogP contribution is -2.33. The van der Waals surface area contributed by atoms with Crippen molar-refractivity contribution in [3.8, 4) is 5.69 Å². The van der Waals surface area contributed by atoms with Crippen LogP contribution in [0, 0.1) is 0 Å². The molecule has 0 saturated heterocycles. The molecular weight excluding hydrogens is 446 g/mol. The summed E-state index contributed by atoms with van der Waals surface area (Å²) >= 11 is 0. The van der Waals surface area contributed by atoms with Gasteiger partial charge >= 0.3 is 0 Å². The molecule has 1 aromatic carbocycles. The minimum Gasteiger partial charge on any atom is -0.361 e. The van der Waals surface area contributed by atoms with Gasteiger partial charge in [-0.15, -0.1) is 0 Å². The second-order valence-corrected chi connectivity index (χ2v) is 8.76. The fourth-order valence-electron chi connectivity index (χ4n) is 4.30. The fourth-order valence-corrected chi connectivity index (χ4v) is 4.30. The van der Waals surface area contributed by atoms with Crippen molar-refractivity contribution in [3.63, 3.8) is 0 Å². The van der Waals surface area contributed by atoms with Crippen molar-refractivity contribution in [2.45, 2.75) is 39.2 Å². The van der Waals surface area contributed by atoms with Gasteiger partial charge in [0, 0.05) is 36.7 Å². The molecular formula is C24H29N9O2. The zero-order valence-corrected chi connectivity index (χ0v) is 19.9. The van der Waals surface area contributed by atoms with Crippen molar-refractivity contribution < 1.29 is 5.11 Å². The fraction of sp³-hybridized carbons (Fsp3) is 0.333. The Morgan fingerprint density at radius 3 is 2.80 bits per heavy atom. The number of hydrogen-bond acceptors (Lipinski definition) is 9. The van der Waals surface area contributed by atoms with Gasteiger partial charge in [0.05, 0.1) is 5.69 Å². The first kappa shape index (κ1) is 23.0. The van der Waals surface area contributed by atoms with E-state index >= 15 is 0 Å². The molecule has 11 heteroatoms. The average Bonchev–Trinajstić information content (AvgIpc) is 3.16. The standard InChI is InChI=1S/C24H29N9O2/c1-14(2)32-22(34)19-13-28-23(29-17-5-4-15-6-8-26-12-16(15)10-17)31-21(19)33(32)18-7-9-27-20(11-18)30-24(35)25-3/h4-5,7,9-11,13-14,24-26,35H,6,8,12H2,1-3H3,(H,27,30)(H,28,29,31). The Labute approximate surface area is 202 Å². The molecule has 35 heavy (non-hydrogen) atoms. The molecule has 1 atom stereocenters. The molecule has 0 aliphatic carbocycles. The first-order valence-corrected chi connectivity index (χ1v) is 11.6. The number of anilines is 3. The van der Waals surface area contributed by atoms with E-state index in [1.165, 1.54) is 11.1 Å². The largest absolute Gasteiger partial charge is 0.361 e. The van der Waals surface area contributed by atoms with Crippen LogP contribution in [0.3, 0.4) is 0 Å². The normalized spacial score (nSPS) is 14.2. The highest BCUT2D eigenvalue weighted by atomic mass is 16.3. The van der Waals surface area contributed by atoms with E-state index in [9.17, 15) is 9.90 Å². The summed E-state index contributed by atoms with van der Waals surface area (Å²) in [5.41, 5.74) is 4.47. The zero-order valence-electron chi connectivity index (χ0n) is 19.9. The number of pyridine rings is 1. The molecule has 1 unspecified atom stereocenters. The van der Waals surface area contributed by atoms with Crippen LogP contribution in [0.4, 0.5) is 17.5 Å². The molecule has 3 aromatic heterocycles. The topological polar surface area (TPSA) is 134 Å². The summed E-state index contributed by atoms with van der Waals surface area (Å²) in [5.74, 6) is 0.845. The van der Waals surface area contributed by atoms with Crippen LogP contribution in [0.15, 0.2) is 47.5 Å². The maximum absolute atomic E-state index is 13.3. The van der Waals surface area contributed by atoms with Crippen LogP contribution in [0.1, 0.15) is 31.0 Å². The maximum Gasteiger partial charge on any atom is 0.278 e. The molecule has 0 spiro atoms. The molecule has 4 heterocycles. The van der Waals surface area contributed by atoms with Gasteiger partial charge in [-0.1, -0.05) is 6.07 Å². The molecule has 182 valence electrons. The van der Waals surface area contributed by atoms with Gasteiger partial charge in [0.25, 0.3) is 5.56 Å². The Balaban J connectivity index is 1.58. The van der Waals surface area contributed by atoms with Crippen LogP contribution in [-0.4, -0.2) is 49.4 Å². The van der Waals surface area contributed by atoms with Crippen molar-refractivity contribution in [2.75, 3.05) is 24.2 Å². The number of nitrogens with zero attached hydrogens (tertiary/aromatic N) is 5. The van der Waals surface area contributed by atoms with Crippen LogP contribution in [0.2, 0.25) is 0 Å². The summed E-state index contributed by atoms with van der Waals surface area (Å²) in [6, 6.07) is 9.68. The quantitative estimate of drug-likeness (QED) is 0.254. The second kappa shape index (κ2) is 9.45. The minimum atomic E-state index is -0.962. The van der Waals surface area contributed by atoms with Crippen molar-refractivity contribution in [3.05, 3.63) is 64.2 Å². The van der Waals surface area contributed by atoms with E-state index in [1.54, 1.807) is 40.9 Å². The molecule has 0 fully saturated rings. The lowest BCUT2D eigenvalue weighted by molar-refractivity contribution is 0.175.